The smallest absolute Gasteiger partial charge is 0.220 e. The van der Waals surface area contributed by atoms with Crippen molar-refractivity contribution in [2.45, 2.75) is 32.7 Å². The Morgan fingerprint density at radius 2 is 2.23 bits per heavy atom. The van der Waals surface area contributed by atoms with Gasteiger partial charge < -0.3 is 10.1 Å². The van der Waals surface area contributed by atoms with Gasteiger partial charge in [0, 0.05) is 16.3 Å². The number of ether oxygens (including phenoxy) is 1. The van der Waals surface area contributed by atoms with Crippen molar-refractivity contribution in [3.8, 4) is 5.75 Å². The molecule has 0 aliphatic carbocycles. The maximum absolute atomic E-state index is 11.9. The quantitative estimate of drug-likeness (QED) is 0.741. The number of halogens is 1. The summed E-state index contributed by atoms with van der Waals surface area (Å²) < 4.78 is 5.63. The van der Waals surface area contributed by atoms with Gasteiger partial charge in [0.1, 0.15) is 5.75 Å². The summed E-state index contributed by atoms with van der Waals surface area (Å²) in [6.45, 7) is 4.45. The average molecular weight is 338 g/mol. The second-order valence-electron chi connectivity index (χ2n) is 5.17. The Kier molecular flexibility index (Phi) is 6.28. The topological polar surface area (TPSA) is 38.3 Å². The van der Waals surface area contributed by atoms with Gasteiger partial charge in [0.25, 0.3) is 0 Å². The molecule has 0 fully saturated rings. The number of hydrogen-bond donors (Lipinski definition) is 1. The first kappa shape index (κ1) is 16.8. The van der Waals surface area contributed by atoms with Crippen LogP contribution in [0.1, 0.15) is 36.2 Å². The third-order valence-electron chi connectivity index (χ3n) is 3.29. The number of benzene rings is 1. The minimum absolute atomic E-state index is 0.0526. The highest BCUT2D eigenvalue weighted by atomic mass is 35.5. The Balaban J connectivity index is 1.67. The minimum Gasteiger partial charge on any atom is -0.494 e. The standard InChI is InChI=1S/C17H20ClNO2S/c1-12-11-14(7-8-15(12)18)21-9-3-6-17(20)19-13(2)16-5-4-10-22-16/h4-5,7-8,10-11,13H,3,6,9H2,1-2H3,(H,19,20)/t13-/m0/s1. The number of carbonyl (C=O) groups is 1. The summed E-state index contributed by atoms with van der Waals surface area (Å²) in [5, 5.41) is 5.74. The zero-order valence-corrected chi connectivity index (χ0v) is 14.3. The van der Waals surface area contributed by atoms with E-state index in [1.807, 2.05) is 49.6 Å². The number of thiophene rings is 1. The maximum Gasteiger partial charge on any atom is 0.220 e. The monoisotopic (exact) mass is 337 g/mol. The highest BCUT2D eigenvalue weighted by Crippen LogP contribution is 2.21. The van der Waals surface area contributed by atoms with Crippen LogP contribution in [0.3, 0.4) is 0 Å². The molecule has 1 aromatic heterocycles. The van der Waals surface area contributed by atoms with Crippen LogP contribution >= 0.6 is 22.9 Å². The van der Waals surface area contributed by atoms with Crippen molar-refractivity contribution in [2.75, 3.05) is 6.61 Å². The fraction of sp³-hybridized carbons (Fsp3) is 0.353. The summed E-state index contributed by atoms with van der Waals surface area (Å²) in [6.07, 6.45) is 1.15. The Labute approximate surface area is 140 Å². The first-order chi connectivity index (χ1) is 10.6. The Hall–Kier alpha value is -1.52. The number of carbonyl (C=O) groups excluding carboxylic acids is 1. The van der Waals surface area contributed by atoms with E-state index in [4.69, 9.17) is 16.3 Å². The molecular weight excluding hydrogens is 318 g/mol. The van der Waals surface area contributed by atoms with Crippen molar-refractivity contribution in [1.29, 1.82) is 0 Å². The van der Waals surface area contributed by atoms with Crippen LogP contribution in [-0.2, 0) is 4.79 Å². The molecule has 1 aromatic carbocycles. The normalized spacial score (nSPS) is 12.0. The van der Waals surface area contributed by atoms with Crippen LogP contribution in [0.15, 0.2) is 35.7 Å². The van der Waals surface area contributed by atoms with Crippen LogP contribution in [0.4, 0.5) is 0 Å². The van der Waals surface area contributed by atoms with E-state index in [1.165, 1.54) is 4.88 Å². The number of nitrogens with one attached hydrogen (secondary N) is 1. The minimum atomic E-state index is 0.0526. The van der Waals surface area contributed by atoms with E-state index < -0.39 is 0 Å². The zero-order chi connectivity index (χ0) is 15.9. The molecule has 22 heavy (non-hydrogen) atoms. The third-order valence-corrected chi connectivity index (χ3v) is 4.77. The average Bonchev–Trinajstić information content (AvgIpc) is 3.01. The van der Waals surface area contributed by atoms with Crippen LogP contribution in [0.5, 0.6) is 5.75 Å². The zero-order valence-electron chi connectivity index (χ0n) is 12.8. The summed E-state index contributed by atoms with van der Waals surface area (Å²) >= 11 is 7.62. The molecule has 0 bridgehead atoms. The number of rotatable bonds is 7. The van der Waals surface area contributed by atoms with Gasteiger partial charge >= 0.3 is 0 Å². The number of aryl methyl sites for hydroxylation is 1. The summed E-state index contributed by atoms with van der Waals surface area (Å²) in [7, 11) is 0. The highest BCUT2D eigenvalue weighted by molar-refractivity contribution is 7.10. The molecule has 1 N–H and O–H groups in total. The molecule has 0 radical (unpaired) electrons. The molecule has 0 saturated carbocycles. The van der Waals surface area contributed by atoms with Gasteiger partial charge in [-0.05, 0) is 55.5 Å². The molecule has 0 aliphatic rings. The van der Waals surface area contributed by atoms with Gasteiger partial charge in [-0.2, -0.15) is 0 Å². The lowest BCUT2D eigenvalue weighted by Crippen LogP contribution is -2.26. The van der Waals surface area contributed by atoms with E-state index in [2.05, 4.69) is 5.32 Å². The Morgan fingerprint density at radius 3 is 2.91 bits per heavy atom. The second kappa shape index (κ2) is 8.20. The lowest BCUT2D eigenvalue weighted by atomic mass is 10.2. The van der Waals surface area contributed by atoms with E-state index in [0.29, 0.717) is 19.4 Å². The van der Waals surface area contributed by atoms with Crippen LogP contribution < -0.4 is 10.1 Å². The molecule has 1 amide bonds. The van der Waals surface area contributed by atoms with Gasteiger partial charge in [0.15, 0.2) is 0 Å². The maximum atomic E-state index is 11.9. The molecule has 118 valence electrons. The molecule has 1 atom stereocenters. The molecule has 5 heteroatoms. The first-order valence-electron chi connectivity index (χ1n) is 7.28. The highest BCUT2D eigenvalue weighted by Gasteiger charge is 2.10. The molecule has 1 heterocycles. The van der Waals surface area contributed by atoms with Crippen LogP contribution in [0, 0.1) is 6.92 Å². The van der Waals surface area contributed by atoms with Crippen molar-refractivity contribution < 1.29 is 9.53 Å². The van der Waals surface area contributed by atoms with Crippen molar-refractivity contribution in [3.63, 3.8) is 0 Å². The lowest BCUT2D eigenvalue weighted by Gasteiger charge is -2.12. The summed E-state index contributed by atoms with van der Waals surface area (Å²) in [6, 6.07) is 9.65. The predicted octanol–water partition coefficient (Wildman–Crippen LogP) is 4.75. The fourth-order valence-electron chi connectivity index (χ4n) is 2.05. The SMILES string of the molecule is Cc1cc(OCCCC(=O)N[C@@H](C)c2cccs2)ccc1Cl. The van der Waals surface area contributed by atoms with E-state index in [-0.39, 0.29) is 11.9 Å². The first-order valence-corrected chi connectivity index (χ1v) is 8.53. The fourth-order valence-corrected chi connectivity index (χ4v) is 2.90. The van der Waals surface area contributed by atoms with Crippen LogP contribution in [-0.4, -0.2) is 12.5 Å². The molecule has 0 saturated heterocycles. The molecule has 2 aromatic rings. The van der Waals surface area contributed by atoms with Crippen LogP contribution in [0.2, 0.25) is 5.02 Å². The summed E-state index contributed by atoms with van der Waals surface area (Å²) in [5.41, 5.74) is 0.988. The lowest BCUT2D eigenvalue weighted by molar-refractivity contribution is -0.121. The number of hydrogen-bond acceptors (Lipinski definition) is 3. The largest absolute Gasteiger partial charge is 0.494 e. The van der Waals surface area contributed by atoms with Gasteiger partial charge in [0.2, 0.25) is 5.91 Å². The van der Waals surface area contributed by atoms with Crippen LogP contribution in [0.25, 0.3) is 0 Å². The van der Waals surface area contributed by atoms with E-state index in [1.54, 1.807) is 11.3 Å². The van der Waals surface area contributed by atoms with Gasteiger partial charge in [-0.1, -0.05) is 17.7 Å². The van der Waals surface area contributed by atoms with Gasteiger partial charge in [-0.25, -0.2) is 0 Å². The molecule has 3 nitrogen and oxygen atoms in total. The Morgan fingerprint density at radius 1 is 1.41 bits per heavy atom. The number of amides is 1. The van der Waals surface area contributed by atoms with Crippen molar-refractivity contribution >= 4 is 28.8 Å². The van der Waals surface area contributed by atoms with Crippen molar-refractivity contribution in [1.82, 2.24) is 5.32 Å². The predicted molar refractivity (Wildman–Crippen MR) is 91.8 cm³/mol. The second-order valence-corrected chi connectivity index (χ2v) is 6.55. The molecule has 2 rings (SSSR count). The molecular formula is C17H20ClNO2S. The van der Waals surface area contributed by atoms with E-state index in [9.17, 15) is 4.79 Å². The van der Waals surface area contributed by atoms with Gasteiger partial charge in [-0.15, -0.1) is 11.3 Å². The van der Waals surface area contributed by atoms with Gasteiger partial charge in [0.05, 0.1) is 12.6 Å². The van der Waals surface area contributed by atoms with E-state index in [0.717, 1.165) is 16.3 Å². The summed E-state index contributed by atoms with van der Waals surface area (Å²) in [5.74, 6) is 0.839. The van der Waals surface area contributed by atoms with Crippen molar-refractivity contribution in [3.05, 3.63) is 51.2 Å². The molecule has 0 aliphatic heterocycles. The van der Waals surface area contributed by atoms with Crippen molar-refractivity contribution in [2.24, 2.45) is 0 Å². The third kappa shape index (κ3) is 5.04. The van der Waals surface area contributed by atoms with Gasteiger partial charge in [-0.3, -0.25) is 4.79 Å². The Bertz CT molecular complexity index is 613. The molecule has 0 spiro atoms. The summed E-state index contributed by atoms with van der Waals surface area (Å²) in [4.78, 5) is 13.0. The molecule has 0 unspecified atom stereocenters. The van der Waals surface area contributed by atoms with E-state index >= 15 is 0 Å².